The number of hydrogen-bond acceptors (Lipinski definition) is 3. The predicted molar refractivity (Wildman–Crippen MR) is 94.2 cm³/mol. The van der Waals surface area contributed by atoms with E-state index in [-0.39, 0.29) is 20.9 Å². The average molecular weight is 375 g/mol. The van der Waals surface area contributed by atoms with Crippen LogP contribution >= 0.6 is 0 Å². The first-order valence-corrected chi connectivity index (χ1v) is 9.49. The van der Waals surface area contributed by atoms with Gasteiger partial charge in [-0.05, 0) is 0 Å². The van der Waals surface area contributed by atoms with Crippen molar-refractivity contribution in [1.82, 2.24) is 0 Å². The molecule has 3 nitrogen and oxygen atoms in total. The first-order valence-electron chi connectivity index (χ1n) is 7.42. The van der Waals surface area contributed by atoms with Gasteiger partial charge in [-0.15, -0.1) is 0 Å². The van der Waals surface area contributed by atoms with Crippen molar-refractivity contribution in [1.29, 1.82) is 0 Å². The van der Waals surface area contributed by atoms with E-state index in [4.69, 9.17) is 9.47 Å². The molecule has 2 rings (SSSR count). The number of esters is 1. The third-order valence-corrected chi connectivity index (χ3v) is 5.36. The van der Waals surface area contributed by atoms with Gasteiger partial charge in [-0.3, -0.25) is 0 Å². The molecule has 120 valence electrons. The summed E-state index contributed by atoms with van der Waals surface area (Å²) in [6, 6.07) is 17.9. The van der Waals surface area contributed by atoms with Crippen LogP contribution in [0.15, 0.2) is 60.2 Å². The fourth-order valence-corrected chi connectivity index (χ4v) is 3.79. The molecule has 0 saturated heterocycles. The monoisotopic (exact) mass is 376 g/mol. The van der Waals surface area contributed by atoms with Crippen molar-refractivity contribution in [2.45, 2.75) is 12.2 Å². The molecule has 0 aliphatic carbocycles. The number of methoxy groups -OCH3 is 1. The zero-order valence-electron chi connectivity index (χ0n) is 13.3. The third-order valence-electron chi connectivity index (χ3n) is 3.13. The molecule has 0 heterocycles. The van der Waals surface area contributed by atoms with Gasteiger partial charge in [0.1, 0.15) is 0 Å². The van der Waals surface area contributed by atoms with Gasteiger partial charge in [0.05, 0.1) is 0 Å². The van der Waals surface area contributed by atoms with E-state index in [2.05, 4.69) is 12.1 Å². The van der Waals surface area contributed by atoms with Crippen LogP contribution < -0.4 is 9.20 Å². The van der Waals surface area contributed by atoms with E-state index >= 15 is 0 Å². The van der Waals surface area contributed by atoms with E-state index in [1.165, 1.54) is 4.46 Å². The second kappa shape index (κ2) is 9.19. The zero-order chi connectivity index (χ0) is 16.5. The minimum absolute atomic E-state index is 0.201. The predicted octanol–water partition coefficient (Wildman–Crippen LogP) is 3.09. The van der Waals surface area contributed by atoms with E-state index < -0.39 is 0 Å². The Bertz CT molecular complexity index is 648. The van der Waals surface area contributed by atoms with Crippen molar-refractivity contribution < 1.29 is 14.3 Å². The number of rotatable bonds is 7. The van der Waals surface area contributed by atoms with Crippen LogP contribution in [0, 0.1) is 0 Å². The van der Waals surface area contributed by atoms with Crippen LogP contribution in [0.3, 0.4) is 0 Å². The number of benzene rings is 2. The standard InChI is InChI=1S/C19H20O3Se/c1-3-22-19(20)16(14-23-18-7-5-4-6-8-18)13-15-9-11-17(21-2)12-10-15/h4-13H,3,14H2,1-2H3/b16-13+. The zero-order valence-corrected chi connectivity index (χ0v) is 15.0. The van der Waals surface area contributed by atoms with Crippen LogP contribution in [0.5, 0.6) is 5.75 Å². The number of hydrogen-bond donors (Lipinski definition) is 0. The molecule has 0 unspecified atom stereocenters. The van der Waals surface area contributed by atoms with Gasteiger partial charge in [-0.2, -0.15) is 0 Å². The molecule has 0 aliphatic heterocycles. The Labute approximate surface area is 143 Å². The first-order chi connectivity index (χ1) is 11.2. The van der Waals surface area contributed by atoms with Gasteiger partial charge in [0.25, 0.3) is 0 Å². The normalized spacial score (nSPS) is 11.1. The molecular formula is C19H20O3Se. The summed E-state index contributed by atoms with van der Waals surface area (Å²) in [6.07, 6.45) is 1.90. The first kappa shape index (κ1) is 17.3. The summed E-state index contributed by atoms with van der Waals surface area (Å²) >= 11 is 0.201. The van der Waals surface area contributed by atoms with Crippen LogP contribution in [-0.4, -0.2) is 34.6 Å². The number of ether oxygens (including phenoxy) is 2. The maximum absolute atomic E-state index is 12.2. The Morgan fingerprint density at radius 3 is 2.39 bits per heavy atom. The average Bonchev–Trinajstić information content (AvgIpc) is 2.60. The van der Waals surface area contributed by atoms with Crippen molar-refractivity contribution in [2.75, 3.05) is 13.7 Å². The van der Waals surface area contributed by atoms with E-state index in [1.54, 1.807) is 7.11 Å². The van der Waals surface area contributed by atoms with Crippen molar-refractivity contribution in [3.63, 3.8) is 0 Å². The Balaban J connectivity index is 2.15. The summed E-state index contributed by atoms with van der Waals surface area (Å²) in [4.78, 5) is 12.2. The molecule has 0 fully saturated rings. The molecule has 2 aromatic rings. The molecule has 0 bridgehead atoms. The fraction of sp³-hybridized carbons (Fsp3) is 0.211. The molecule has 0 saturated carbocycles. The fourth-order valence-electron chi connectivity index (χ4n) is 1.96. The van der Waals surface area contributed by atoms with E-state index in [9.17, 15) is 4.79 Å². The van der Waals surface area contributed by atoms with Crippen molar-refractivity contribution in [3.8, 4) is 5.75 Å². The van der Waals surface area contributed by atoms with E-state index in [0.717, 1.165) is 11.3 Å². The number of carbonyl (C=O) groups excluding carboxylic acids is 1. The van der Waals surface area contributed by atoms with Gasteiger partial charge >= 0.3 is 143 Å². The van der Waals surface area contributed by atoms with Crippen LogP contribution in [0.1, 0.15) is 12.5 Å². The maximum atomic E-state index is 12.2. The van der Waals surface area contributed by atoms with E-state index in [0.29, 0.717) is 17.5 Å². The molecule has 4 heteroatoms. The molecule has 0 radical (unpaired) electrons. The van der Waals surface area contributed by atoms with Gasteiger partial charge < -0.3 is 0 Å². The quantitative estimate of drug-likeness (QED) is 0.424. The Kier molecular flexibility index (Phi) is 6.92. The van der Waals surface area contributed by atoms with Gasteiger partial charge in [0, 0.05) is 0 Å². The van der Waals surface area contributed by atoms with Crippen LogP contribution in [0.2, 0.25) is 5.32 Å². The summed E-state index contributed by atoms with van der Waals surface area (Å²) in [5, 5.41) is 0.710. The summed E-state index contributed by atoms with van der Waals surface area (Å²) in [6.45, 7) is 2.21. The van der Waals surface area contributed by atoms with Gasteiger partial charge in [-0.1, -0.05) is 0 Å². The minimum atomic E-state index is -0.235. The Hall–Kier alpha value is -2.03. The molecule has 0 aromatic heterocycles. The van der Waals surface area contributed by atoms with E-state index in [1.807, 2.05) is 55.5 Å². The molecule has 0 amide bonds. The van der Waals surface area contributed by atoms with Crippen molar-refractivity contribution in [3.05, 3.63) is 65.7 Å². The van der Waals surface area contributed by atoms with Gasteiger partial charge in [-0.25, -0.2) is 0 Å². The van der Waals surface area contributed by atoms with Gasteiger partial charge in [0.2, 0.25) is 0 Å². The van der Waals surface area contributed by atoms with Crippen LogP contribution in [0.25, 0.3) is 6.08 Å². The summed E-state index contributed by atoms with van der Waals surface area (Å²) in [5.41, 5.74) is 1.68. The third kappa shape index (κ3) is 5.59. The summed E-state index contributed by atoms with van der Waals surface area (Å²) < 4.78 is 11.6. The van der Waals surface area contributed by atoms with Crippen LogP contribution in [0.4, 0.5) is 0 Å². The topological polar surface area (TPSA) is 35.5 Å². The molecule has 0 spiro atoms. The van der Waals surface area contributed by atoms with Crippen LogP contribution in [-0.2, 0) is 9.53 Å². The second-order valence-electron chi connectivity index (χ2n) is 4.76. The molecule has 2 aromatic carbocycles. The summed E-state index contributed by atoms with van der Waals surface area (Å²) in [7, 11) is 1.64. The molecular weight excluding hydrogens is 355 g/mol. The second-order valence-corrected chi connectivity index (χ2v) is 6.97. The molecule has 23 heavy (non-hydrogen) atoms. The van der Waals surface area contributed by atoms with Gasteiger partial charge in [0.15, 0.2) is 0 Å². The Morgan fingerprint density at radius 2 is 1.78 bits per heavy atom. The molecule has 0 atom stereocenters. The molecule has 0 N–H and O–H groups in total. The van der Waals surface area contributed by atoms with Crippen molar-refractivity contribution >= 4 is 31.5 Å². The number of carbonyl (C=O) groups is 1. The van der Waals surface area contributed by atoms with Crippen molar-refractivity contribution in [2.24, 2.45) is 0 Å². The summed E-state index contributed by atoms with van der Waals surface area (Å²) in [5.74, 6) is 0.564. The molecule has 0 aliphatic rings. The Morgan fingerprint density at radius 1 is 1.09 bits per heavy atom. The SMILES string of the molecule is CCOC(=O)/C(=C/c1ccc(OC)cc1)C[Se]c1ccccc1.